The van der Waals surface area contributed by atoms with Crippen LogP contribution in [0.15, 0.2) is 29.0 Å². The average molecular weight is 339 g/mol. The zero-order valence-electron chi connectivity index (χ0n) is 13.8. The minimum atomic E-state index is -0.841. The molecule has 8 heteroatoms. The maximum Gasteiger partial charge on any atom is 0.303 e. The second-order valence-corrected chi connectivity index (χ2v) is 5.73. The normalized spacial score (nSPS) is 15.4. The number of aromatic amines is 1. The monoisotopic (exact) mass is 339 g/mol. The van der Waals surface area contributed by atoms with E-state index in [1.807, 2.05) is 13.8 Å². The third-order valence-electron chi connectivity index (χ3n) is 4.09. The van der Waals surface area contributed by atoms with Gasteiger partial charge in [-0.3, -0.25) is 9.59 Å². The Bertz CT molecular complexity index is 897. The van der Waals surface area contributed by atoms with Gasteiger partial charge in [0.25, 0.3) is 5.91 Å². The van der Waals surface area contributed by atoms with Gasteiger partial charge in [-0.05, 0) is 49.6 Å². The molecule has 2 aromatic rings. The summed E-state index contributed by atoms with van der Waals surface area (Å²) in [5.74, 6) is -1.16. The van der Waals surface area contributed by atoms with E-state index in [2.05, 4.69) is 25.7 Å². The minimum Gasteiger partial charge on any atom is -0.481 e. The third kappa shape index (κ3) is 3.32. The van der Waals surface area contributed by atoms with Crippen LogP contribution in [-0.4, -0.2) is 37.9 Å². The molecule has 1 aliphatic rings. The lowest BCUT2D eigenvalue weighted by Gasteiger charge is -2.01. The molecule has 0 aromatic carbocycles. The van der Waals surface area contributed by atoms with Gasteiger partial charge in [0.15, 0.2) is 0 Å². The number of rotatable bonds is 5. The molecule has 1 aliphatic heterocycles. The van der Waals surface area contributed by atoms with E-state index in [1.165, 1.54) is 0 Å². The van der Waals surface area contributed by atoms with Crippen molar-refractivity contribution in [1.82, 2.24) is 20.6 Å². The number of aryl methyl sites for hydroxylation is 1. The van der Waals surface area contributed by atoms with Crippen molar-refractivity contribution in [2.75, 3.05) is 0 Å². The summed E-state index contributed by atoms with van der Waals surface area (Å²) < 4.78 is 0. The summed E-state index contributed by atoms with van der Waals surface area (Å²) in [6, 6.07) is 3.45. The molecule has 3 heterocycles. The number of carboxylic acids is 1. The summed E-state index contributed by atoms with van der Waals surface area (Å²) in [5.41, 5.74) is 7.26. The number of aliphatic carboxylic acids is 1. The van der Waals surface area contributed by atoms with Gasteiger partial charge in [0.05, 0.1) is 5.57 Å². The van der Waals surface area contributed by atoms with E-state index in [0.717, 1.165) is 22.5 Å². The molecule has 3 rings (SSSR count). The fourth-order valence-electron chi connectivity index (χ4n) is 2.80. The molecule has 0 spiro atoms. The standard InChI is InChI=1S/C17H17N5O3/c1-9-11(5-6-15(23)24)10(2)19-14(9)8-12-16(21-22-17(12)25)13-4-3-7-18-20-13/h3-4,7-8,19H,5-6H2,1-2H3,(H,22,25)(H,23,24)/b12-8+. The van der Waals surface area contributed by atoms with Crippen molar-refractivity contribution in [1.29, 1.82) is 0 Å². The quantitative estimate of drug-likeness (QED) is 0.710. The van der Waals surface area contributed by atoms with Crippen LogP contribution in [0.25, 0.3) is 6.08 Å². The van der Waals surface area contributed by atoms with Gasteiger partial charge in [-0.25, -0.2) is 5.43 Å². The number of nitrogens with zero attached hydrogens (tertiary/aromatic N) is 3. The number of hydrazone groups is 1. The van der Waals surface area contributed by atoms with Crippen LogP contribution < -0.4 is 5.43 Å². The number of hydrogen-bond donors (Lipinski definition) is 3. The predicted molar refractivity (Wildman–Crippen MR) is 90.9 cm³/mol. The molecule has 0 saturated heterocycles. The number of amides is 1. The lowest BCUT2D eigenvalue weighted by atomic mass is 10.0. The average Bonchev–Trinajstić information content (AvgIpc) is 3.07. The first-order valence-corrected chi connectivity index (χ1v) is 7.75. The molecule has 0 aliphatic carbocycles. The first kappa shape index (κ1) is 16.6. The highest BCUT2D eigenvalue weighted by Crippen LogP contribution is 2.23. The Labute approximate surface area is 143 Å². The second kappa shape index (κ2) is 6.68. The van der Waals surface area contributed by atoms with Gasteiger partial charge < -0.3 is 10.1 Å². The Hall–Kier alpha value is -3.29. The van der Waals surface area contributed by atoms with E-state index in [0.29, 0.717) is 23.4 Å². The molecular weight excluding hydrogens is 322 g/mol. The van der Waals surface area contributed by atoms with E-state index in [9.17, 15) is 9.59 Å². The number of hydrogen-bond acceptors (Lipinski definition) is 5. The fourth-order valence-corrected chi connectivity index (χ4v) is 2.80. The van der Waals surface area contributed by atoms with Crippen LogP contribution >= 0.6 is 0 Å². The van der Waals surface area contributed by atoms with Gasteiger partial charge in [0, 0.05) is 24.0 Å². The van der Waals surface area contributed by atoms with E-state index in [-0.39, 0.29) is 12.3 Å². The topological polar surface area (TPSA) is 120 Å². The van der Waals surface area contributed by atoms with Crippen LogP contribution in [0.3, 0.4) is 0 Å². The molecule has 0 unspecified atom stereocenters. The highest BCUT2D eigenvalue weighted by atomic mass is 16.4. The SMILES string of the molecule is Cc1[nH]c(/C=C2/C(=O)NN=C2c2cccnn2)c(C)c1CCC(=O)O. The van der Waals surface area contributed by atoms with Gasteiger partial charge in [-0.2, -0.15) is 10.2 Å². The number of carboxylic acid groups (broad SMARTS) is 1. The molecule has 8 nitrogen and oxygen atoms in total. The van der Waals surface area contributed by atoms with Gasteiger partial charge in [-0.15, -0.1) is 5.10 Å². The van der Waals surface area contributed by atoms with E-state index in [4.69, 9.17) is 5.11 Å². The van der Waals surface area contributed by atoms with Crippen LogP contribution in [0.1, 0.15) is 34.6 Å². The van der Waals surface area contributed by atoms with Crippen LogP contribution in [0, 0.1) is 13.8 Å². The maximum atomic E-state index is 12.1. The number of carbonyl (C=O) groups excluding carboxylic acids is 1. The molecule has 0 saturated carbocycles. The molecule has 0 atom stereocenters. The Morgan fingerprint density at radius 2 is 2.16 bits per heavy atom. The van der Waals surface area contributed by atoms with Crippen LogP contribution in [0.2, 0.25) is 0 Å². The third-order valence-corrected chi connectivity index (χ3v) is 4.09. The zero-order chi connectivity index (χ0) is 18.0. The van der Waals surface area contributed by atoms with Crippen LogP contribution in [0.5, 0.6) is 0 Å². The van der Waals surface area contributed by atoms with E-state index < -0.39 is 5.97 Å². The van der Waals surface area contributed by atoms with Gasteiger partial charge in [0.1, 0.15) is 11.4 Å². The predicted octanol–water partition coefficient (Wildman–Crippen LogP) is 1.36. The summed E-state index contributed by atoms with van der Waals surface area (Å²) in [7, 11) is 0. The first-order chi connectivity index (χ1) is 12.0. The fraction of sp³-hybridized carbons (Fsp3) is 0.235. The summed E-state index contributed by atoms with van der Waals surface area (Å²) >= 11 is 0. The van der Waals surface area contributed by atoms with Crippen molar-refractivity contribution in [3.05, 3.63) is 52.1 Å². The summed E-state index contributed by atoms with van der Waals surface area (Å²) in [4.78, 5) is 26.2. The molecule has 2 aromatic heterocycles. The van der Waals surface area contributed by atoms with Crippen molar-refractivity contribution in [2.45, 2.75) is 26.7 Å². The van der Waals surface area contributed by atoms with Gasteiger partial charge in [-0.1, -0.05) is 0 Å². The summed E-state index contributed by atoms with van der Waals surface area (Å²) in [5, 5.41) is 20.7. The second-order valence-electron chi connectivity index (χ2n) is 5.73. The molecular formula is C17H17N5O3. The van der Waals surface area contributed by atoms with Gasteiger partial charge >= 0.3 is 5.97 Å². The van der Waals surface area contributed by atoms with Crippen molar-refractivity contribution in [3.63, 3.8) is 0 Å². The first-order valence-electron chi connectivity index (χ1n) is 7.75. The smallest absolute Gasteiger partial charge is 0.303 e. The maximum absolute atomic E-state index is 12.1. The lowest BCUT2D eigenvalue weighted by molar-refractivity contribution is -0.137. The van der Waals surface area contributed by atoms with Crippen molar-refractivity contribution in [2.24, 2.45) is 5.10 Å². The molecule has 25 heavy (non-hydrogen) atoms. The Morgan fingerprint density at radius 3 is 2.84 bits per heavy atom. The van der Waals surface area contributed by atoms with Crippen LogP contribution in [0.4, 0.5) is 0 Å². The van der Waals surface area contributed by atoms with Gasteiger partial charge in [0.2, 0.25) is 0 Å². The van der Waals surface area contributed by atoms with Crippen LogP contribution in [-0.2, 0) is 16.0 Å². The number of carbonyl (C=O) groups is 2. The highest BCUT2D eigenvalue weighted by Gasteiger charge is 2.26. The number of aromatic nitrogens is 3. The largest absolute Gasteiger partial charge is 0.481 e. The highest BCUT2D eigenvalue weighted by molar-refractivity contribution is 6.32. The van der Waals surface area contributed by atoms with E-state index >= 15 is 0 Å². The lowest BCUT2D eigenvalue weighted by Crippen LogP contribution is -2.14. The number of H-pyrrole nitrogens is 1. The molecule has 1 amide bonds. The summed E-state index contributed by atoms with van der Waals surface area (Å²) in [6.45, 7) is 3.79. The molecule has 0 bridgehead atoms. The van der Waals surface area contributed by atoms with Crippen molar-refractivity contribution >= 4 is 23.7 Å². The van der Waals surface area contributed by atoms with E-state index in [1.54, 1.807) is 24.4 Å². The minimum absolute atomic E-state index is 0.0579. The zero-order valence-corrected chi connectivity index (χ0v) is 13.8. The Kier molecular flexibility index (Phi) is 4.42. The summed E-state index contributed by atoms with van der Waals surface area (Å²) in [6.07, 6.45) is 3.75. The molecule has 0 fully saturated rings. The van der Waals surface area contributed by atoms with Crippen molar-refractivity contribution in [3.8, 4) is 0 Å². The number of nitrogens with one attached hydrogen (secondary N) is 2. The molecule has 128 valence electrons. The molecule has 3 N–H and O–H groups in total. The molecule has 0 radical (unpaired) electrons. The van der Waals surface area contributed by atoms with Crippen molar-refractivity contribution < 1.29 is 14.7 Å². The Morgan fingerprint density at radius 1 is 1.36 bits per heavy atom. The Balaban J connectivity index is 1.97.